The zero-order chi connectivity index (χ0) is 18.2. The summed E-state index contributed by atoms with van der Waals surface area (Å²) < 4.78 is 0. The Kier molecular flexibility index (Phi) is 4.19. The van der Waals surface area contributed by atoms with Crippen molar-refractivity contribution >= 4 is 11.6 Å². The average molecular weight is 359 g/mol. The molecule has 4 nitrogen and oxygen atoms in total. The molecule has 0 spiro atoms. The number of para-hydroxylation sites is 1. The molecule has 3 heterocycles. The van der Waals surface area contributed by atoms with Gasteiger partial charge in [-0.1, -0.05) is 30.4 Å². The third-order valence-electron chi connectivity index (χ3n) is 6.31. The number of piperidine rings is 1. The second-order valence-corrected chi connectivity index (χ2v) is 7.88. The number of anilines is 1. The molecule has 138 valence electrons. The lowest BCUT2D eigenvalue weighted by Crippen LogP contribution is -2.37. The minimum atomic E-state index is 0.171. The third-order valence-corrected chi connectivity index (χ3v) is 6.31. The number of carbonyl (C=O) groups is 1. The summed E-state index contributed by atoms with van der Waals surface area (Å²) in [6.45, 7) is 1.75. The highest BCUT2D eigenvalue weighted by molar-refractivity contribution is 6.01. The molecule has 1 saturated heterocycles. The molecule has 2 aromatic rings. The van der Waals surface area contributed by atoms with Gasteiger partial charge >= 0.3 is 0 Å². The Morgan fingerprint density at radius 3 is 2.81 bits per heavy atom. The number of likely N-dealkylation sites (tertiary alicyclic amines) is 1. The van der Waals surface area contributed by atoms with E-state index in [0.717, 1.165) is 43.6 Å². The number of aromatic nitrogens is 1. The summed E-state index contributed by atoms with van der Waals surface area (Å²) in [6.07, 6.45) is 12.9. The highest BCUT2D eigenvalue weighted by Gasteiger charge is 2.39. The summed E-state index contributed by atoms with van der Waals surface area (Å²) in [4.78, 5) is 19.6. The summed E-state index contributed by atoms with van der Waals surface area (Å²) in [5.74, 6) is 1.01. The molecule has 1 amide bonds. The number of rotatable bonds is 2. The highest BCUT2D eigenvalue weighted by atomic mass is 16.2. The van der Waals surface area contributed by atoms with Crippen LogP contribution in [0.2, 0.25) is 0 Å². The van der Waals surface area contributed by atoms with Crippen LogP contribution in [0.3, 0.4) is 0 Å². The Morgan fingerprint density at radius 1 is 1.11 bits per heavy atom. The predicted molar refractivity (Wildman–Crippen MR) is 107 cm³/mol. The molecule has 2 aliphatic heterocycles. The maximum Gasteiger partial charge on any atom is 0.255 e. The number of carbonyl (C=O) groups excluding carboxylic acids is 1. The standard InChI is InChI=1S/C23H25N3O/c27-23(26-13-2-1-3-14-26)20-11-5-10-19-17-8-4-9-18(17)21(25-22(19)20)16-7-6-12-24-15-16/h4-8,10-12,15,17-18,21,25H,1-3,9,13-14H2. The molecule has 3 aliphatic rings. The Morgan fingerprint density at radius 2 is 2.00 bits per heavy atom. The fraction of sp³-hybridized carbons (Fsp3) is 0.391. The predicted octanol–water partition coefficient (Wildman–Crippen LogP) is 4.53. The summed E-state index contributed by atoms with van der Waals surface area (Å²) in [7, 11) is 0. The van der Waals surface area contributed by atoms with Gasteiger partial charge in [0, 0.05) is 31.4 Å². The minimum absolute atomic E-state index is 0.171. The number of hydrogen-bond donors (Lipinski definition) is 1. The molecule has 1 aromatic carbocycles. The maximum atomic E-state index is 13.3. The van der Waals surface area contributed by atoms with E-state index in [1.54, 1.807) is 0 Å². The lowest BCUT2D eigenvalue weighted by Gasteiger charge is -2.38. The van der Waals surface area contributed by atoms with Gasteiger partial charge in [0.2, 0.25) is 0 Å². The van der Waals surface area contributed by atoms with E-state index >= 15 is 0 Å². The van der Waals surface area contributed by atoms with E-state index in [2.05, 4.69) is 34.6 Å². The van der Waals surface area contributed by atoms with Crippen LogP contribution in [0, 0.1) is 5.92 Å². The number of allylic oxidation sites excluding steroid dienone is 2. The van der Waals surface area contributed by atoms with E-state index in [0.29, 0.717) is 11.8 Å². The van der Waals surface area contributed by atoms with Crippen molar-refractivity contribution in [3.63, 3.8) is 0 Å². The SMILES string of the molecule is O=C(c1cccc2c1NC(c1cccnc1)C1CC=CC21)N1CCCCC1. The van der Waals surface area contributed by atoms with E-state index in [-0.39, 0.29) is 11.9 Å². The largest absolute Gasteiger partial charge is 0.377 e. The first kappa shape index (κ1) is 16.5. The first-order valence-corrected chi connectivity index (χ1v) is 10.1. The van der Waals surface area contributed by atoms with Crippen LogP contribution in [0.1, 0.15) is 59.1 Å². The number of pyridine rings is 1. The molecule has 4 heteroatoms. The monoisotopic (exact) mass is 359 g/mol. The number of nitrogens with one attached hydrogen (secondary N) is 1. The quantitative estimate of drug-likeness (QED) is 0.801. The second-order valence-electron chi connectivity index (χ2n) is 7.88. The van der Waals surface area contributed by atoms with Crippen molar-refractivity contribution in [2.24, 2.45) is 5.92 Å². The lowest BCUT2D eigenvalue weighted by molar-refractivity contribution is 0.0725. The second kappa shape index (κ2) is 6.84. The number of amides is 1. The molecule has 5 rings (SSSR count). The molecule has 1 fully saturated rings. The van der Waals surface area contributed by atoms with Crippen LogP contribution in [0.5, 0.6) is 0 Å². The Balaban J connectivity index is 1.56. The van der Waals surface area contributed by atoms with Crippen LogP contribution in [-0.2, 0) is 0 Å². The van der Waals surface area contributed by atoms with Crippen LogP contribution in [0.15, 0.2) is 54.9 Å². The highest BCUT2D eigenvalue weighted by Crippen LogP contribution is 2.50. The molecule has 1 aliphatic carbocycles. The van der Waals surface area contributed by atoms with Crippen LogP contribution < -0.4 is 5.32 Å². The number of fused-ring (bicyclic) bond motifs is 3. The van der Waals surface area contributed by atoms with E-state index in [1.165, 1.54) is 17.5 Å². The molecule has 0 bridgehead atoms. The van der Waals surface area contributed by atoms with Crippen molar-refractivity contribution in [2.75, 3.05) is 18.4 Å². The van der Waals surface area contributed by atoms with E-state index in [9.17, 15) is 4.79 Å². The third kappa shape index (κ3) is 2.84. The zero-order valence-electron chi connectivity index (χ0n) is 15.5. The van der Waals surface area contributed by atoms with Crippen molar-refractivity contribution in [3.8, 4) is 0 Å². The van der Waals surface area contributed by atoms with Gasteiger partial charge in [-0.05, 0) is 54.9 Å². The molecule has 0 radical (unpaired) electrons. The van der Waals surface area contributed by atoms with Gasteiger partial charge in [-0.3, -0.25) is 9.78 Å². The minimum Gasteiger partial charge on any atom is -0.377 e. The van der Waals surface area contributed by atoms with E-state index < -0.39 is 0 Å². The maximum absolute atomic E-state index is 13.3. The average Bonchev–Trinajstić information content (AvgIpc) is 3.24. The number of benzene rings is 1. The molecular formula is C23H25N3O. The Labute approximate surface area is 160 Å². The van der Waals surface area contributed by atoms with Crippen LogP contribution in [0.4, 0.5) is 5.69 Å². The van der Waals surface area contributed by atoms with Gasteiger partial charge in [0.15, 0.2) is 0 Å². The van der Waals surface area contributed by atoms with Crippen molar-refractivity contribution in [1.29, 1.82) is 0 Å². The van der Waals surface area contributed by atoms with Crippen molar-refractivity contribution < 1.29 is 4.79 Å². The molecule has 3 unspecified atom stereocenters. The number of hydrogen-bond acceptors (Lipinski definition) is 3. The van der Waals surface area contributed by atoms with Gasteiger partial charge in [-0.25, -0.2) is 0 Å². The smallest absolute Gasteiger partial charge is 0.255 e. The molecule has 1 aromatic heterocycles. The zero-order valence-corrected chi connectivity index (χ0v) is 15.5. The lowest BCUT2D eigenvalue weighted by atomic mass is 9.76. The van der Waals surface area contributed by atoms with Crippen LogP contribution in [0.25, 0.3) is 0 Å². The first-order valence-electron chi connectivity index (χ1n) is 10.1. The van der Waals surface area contributed by atoms with Crippen molar-refractivity contribution in [2.45, 2.75) is 37.6 Å². The summed E-state index contributed by atoms with van der Waals surface area (Å²) in [6, 6.07) is 10.5. The van der Waals surface area contributed by atoms with Crippen molar-refractivity contribution in [1.82, 2.24) is 9.88 Å². The topological polar surface area (TPSA) is 45.2 Å². The molecule has 0 saturated carbocycles. The molecule has 27 heavy (non-hydrogen) atoms. The molecule has 3 atom stereocenters. The van der Waals surface area contributed by atoms with Gasteiger partial charge in [-0.15, -0.1) is 0 Å². The first-order chi connectivity index (χ1) is 13.3. The molecular weight excluding hydrogens is 334 g/mol. The van der Waals surface area contributed by atoms with E-state index in [1.807, 2.05) is 35.5 Å². The fourth-order valence-electron chi connectivity index (χ4n) is 4.96. The normalized spacial score (nSPS) is 26.2. The summed E-state index contributed by atoms with van der Waals surface area (Å²) >= 11 is 0. The summed E-state index contributed by atoms with van der Waals surface area (Å²) in [5, 5.41) is 3.75. The summed E-state index contributed by atoms with van der Waals surface area (Å²) in [5.41, 5.74) is 4.30. The van der Waals surface area contributed by atoms with E-state index in [4.69, 9.17) is 0 Å². The van der Waals surface area contributed by atoms with Gasteiger partial charge in [0.25, 0.3) is 5.91 Å². The van der Waals surface area contributed by atoms with Crippen molar-refractivity contribution in [3.05, 3.63) is 71.6 Å². The van der Waals surface area contributed by atoms with Gasteiger partial charge in [-0.2, -0.15) is 0 Å². The van der Waals surface area contributed by atoms with Gasteiger partial charge in [0.1, 0.15) is 0 Å². The molecule has 1 N–H and O–H groups in total. The van der Waals surface area contributed by atoms with Gasteiger partial charge < -0.3 is 10.2 Å². The van der Waals surface area contributed by atoms with Crippen LogP contribution in [-0.4, -0.2) is 28.9 Å². The van der Waals surface area contributed by atoms with Gasteiger partial charge in [0.05, 0.1) is 17.3 Å². The number of nitrogens with zero attached hydrogens (tertiary/aromatic N) is 2. The Bertz CT molecular complexity index is 870. The van der Waals surface area contributed by atoms with Crippen LogP contribution >= 0.6 is 0 Å². The fourth-order valence-corrected chi connectivity index (χ4v) is 4.96. The Hall–Kier alpha value is -2.62.